The number of hydrogen-bond acceptors (Lipinski definition) is 4. The van der Waals surface area contributed by atoms with Crippen molar-refractivity contribution in [1.29, 1.82) is 0 Å². The van der Waals surface area contributed by atoms with Gasteiger partial charge in [0.05, 0.1) is 7.11 Å². The lowest BCUT2D eigenvalue weighted by Crippen LogP contribution is -2.51. The lowest BCUT2D eigenvalue weighted by molar-refractivity contribution is -0.139. The third-order valence-corrected chi connectivity index (χ3v) is 5.17. The number of para-hydroxylation sites is 1. The van der Waals surface area contributed by atoms with Gasteiger partial charge in [0, 0.05) is 39.1 Å². The molecule has 0 unspecified atom stereocenters. The van der Waals surface area contributed by atoms with E-state index in [0.717, 1.165) is 49.8 Å². The minimum atomic E-state index is -0.361. The van der Waals surface area contributed by atoms with Crippen LogP contribution in [-0.2, 0) is 17.8 Å². The van der Waals surface area contributed by atoms with E-state index in [9.17, 15) is 4.79 Å². The molecule has 0 saturated carbocycles. The normalized spacial score (nSPS) is 19.7. The van der Waals surface area contributed by atoms with E-state index in [0.29, 0.717) is 6.42 Å². The first-order valence-corrected chi connectivity index (χ1v) is 9.11. The van der Waals surface area contributed by atoms with Crippen molar-refractivity contribution in [3.63, 3.8) is 0 Å². The molecule has 5 nitrogen and oxygen atoms in total. The van der Waals surface area contributed by atoms with E-state index >= 15 is 0 Å². The highest BCUT2D eigenvalue weighted by Gasteiger charge is 2.33. The maximum atomic E-state index is 12.8. The number of piperazine rings is 1. The third kappa shape index (κ3) is 3.53. The molecule has 0 spiro atoms. The zero-order valence-electron chi connectivity index (χ0n) is 15.1. The Bertz CT molecular complexity index is 742. The molecule has 2 aliphatic rings. The number of fused-ring (bicyclic) bond motifs is 1. The minimum Gasteiger partial charge on any atom is -0.497 e. The van der Waals surface area contributed by atoms with Gasteiger partial charge in [0.1, 0.15) is 11.5 Å². The first kappa shape index (κ1) is 16.9. The van der Waals surface area contributed by atoms with Gasteiger partial charge < -0.3 is 14.4 Å². The van der Waals surface area contributed by atoms with Gasteiger partial charge in [0.15, 0.2) is 6.10 Å². The summed E-state index contributed by atoms with van der Waals surface area (Å²) < 4.78 is 11.1. The fourth-order valence-electron chi connectivity index (χ4n) is 3.64. The molecule has 0 N–H and O–H groups in total. The van der Waals surface area contributed by atoms with Gasteiger partial charge in [0.2, 0.25) is 0 Å². The second-order valence-electron chi connectivity index (χ2n) is 6.87. The van der Waals surface area contributed by atoms with E-state index in [1.165, 1.54) is 5.56 Å². The van der Waals surface area contributed by atoms with Crippen LogP contribution < -0.4 is 9.47 Å². The van der Waals surface area contributed by atoms with Gasteiger partial charge in [-0.05, 0) is 29.3 Å². The summed E-state index contributed by atoms with van der Waals surface area (Å²) >= 11 is 0. The Hall–Kier alpha value is -2.53. The largest absolute Gasteiger partial charge is 0.497 e. The maximum absolute atomic E-state index is 12.8. The van der Waals surface area contributed by atoms with E-state index in [1.807, 2.05) is 41.3 Å². The Labute approximate surface area is 154 Å². The number of ether oxygens (including phenoxy) is 2. The Balaban J connectivity index is 1.29. The molecule has 2 aromatic carbocycles. The summed E-state index contributed by atoms with van der Waals surface area (Å²) in [6, 6.07) is 16.1. The van der Waals surface area contributed by atoms with Crippen molar-refractivity contribution in [3.05, 3.63) is 59.7 Å². The smallest absolute Gasteiger partial charge is 0.264 e. The van der Waals surface area contributed by atoms with Gasteiger partial charge in [-0.2, -0.15) is 0 Å². The standard InChI is InChI=1S/C21H24N2O3/c1-25-18-8-6-16(7-9-18)15-22-10-12-23(13-11-22)21(24)20-14-17-4-2-3-5-19(17)26-20/h2-9,20H,10-15H2,1H3/t20-/m0/s1. The van der Waals surface area contributed by atoms with E-state index in [-0.39, 0.29) is 12.0 Å². The number of benzene rings is 2. The average molecular weight is 352 g/mol. The zero-order chi connectivity index (χ0) is 17.9. The molecule has 1 fully saturated rings. The lowest BCUT2D eigenvalue weighted by Gasteiger charge is -2.35. The topological polar surface area (TPSA) is 42.0 Å². The average Bonchev–Trinajstić information content (AvgIpc) is 3.13. The second-order valence-corrected chi connectivity index (χ2v) is 6.87. The van der Waals surface area contributed by atoms with E-state index < -0.39 is 0 Å². The molecule has 0 radical (unpaired) electrons. The monoisotopic (exact) mass is 352 g/mol. The molecular formula is C21H24N2O3. The van der Waals surface area contributed by atoms with Crippen LogP contribution >= 0.6 is 0 Å². The van der Waals surface area contributed by atoms with Crippen LogP contribution in [0.2, 0.25) is 0 Å². The van der Waals surface area contributed by atoms with E-state index in [1.54, 1.807) is 7.11 Å². The number of carbonyl (C=O) groups is 1. The molecule has 2 heterocycles. The van der Waals surface area contributed by atoms with Crippen LogP contribution in [0, 0.1) is 0 Å². The van der Waals surface area contributed by atoms with Gasteiger partial charge in [0.25, 0.3) is 5.91 Å². The van der Waals surface area contributed by atoms with Crippen molar-refractivity contribution in [2.75, 3.05) is 33.3 Å². The molecule has 5 heteroatoms. The molecule has 1 amide bonds. The number of amides is 1. The summed E-state index contributed by atoms with van der Waals surface area (Å²) in [5.74, 6) is 1.84. The third-order valence-electron chi connectivity index (χ3n) is 5.17. The number of methoxy groups -OCH3 is 1. The van der Waals surface area contributed by atoms with Crippen molar-refractivity contribution in [3.8, 4) is 11.5 Å². The number of rotatable bonds is 4. The highest BCUT2D eigenvalue weighted by atomic mass is 16.5. The van der Waals surface area contributed by atoms with Gasteiger partial charge in [-0.25, -0.2) is 0 Å². The summed E-state index contributed by atoms with van der Waals surface area (Å²) in [4.78, 5) is 17.1. The van der Waals surface area contributed by atoms with Gasteiger partial charge >= 0.3 is 0 Å². The van der Waals surface area contributed by atoms with Gasteiger partial charge in [-0.3, -0.25) is 9.69 Å². The first-order valence-electron chi connectivity index (χ1n) is 9.11. The Morgan fingerprint density at radius 3 is 2.50 bits per heavy atom. The molecule has 26 heavy (non-hydrogen) atoms. The quantitative estimate of drug-likeness (QED) is 0.847. The van der Waals surface area contributed by atoms with Crippen LogP contribution in [0.15, 0.2) is 48.5 Å². The minimum absolute atomic E-state index is 0.116. The summed E-state index contributed by atoms with van der Waals surface area (Å²) in [6.45, 7) is 4.18. The molecule has 136 valence electrons. The predicted molar refractivity (Wildman–Crippen MR) is 99.4 cm³/mol. The number of carbonyl (C=O) groups excluding carboxylic acids is 1. The van der Waals surface area contributed by atoms with Crippen LogP contribution in [0.5, 0.6) is 11.5 Å². The molecule has 1 atom stereocenters. The van der Waals surface area contributed by atoms with Crippen LogP contribution in [0.3, 0.4) is 0 Å². The van der Waals surface area contributed by atoms with Crippen molar-refractivity contribution in [2.45, 2.75) is 19.1 Å². The molecule has 2 aromatic rings. The van der Waals surface area contributed by atoms with Crippen LogP contribution in [0.25, 0.3) is 0 Å². The molecule has 4 rings (SSSR count). The molecular weight excluding hydrogens is 328 g/mol. The van der Waals surface area contributed by atoms with Crippen molar-refractivity contribution in [1.82, 2.24) is 9.80 Å². The Morgan fingerprint density at radius 2 is 1.81 bits per heavy atom. The molecule has 1 saturated heterocycles. The van der Waals surface area contributed by atoms with E-state index in [4.69, 9.17) is 9.47 Å². The summed E-state index contributed by atoms with van der Waals surface area (Å²) in [7, 11) is 1.68. The number of hydrogen-bond donors (Lipinski definition) is 0. The fraction of sp³-hybridized carbons (Fsp3) is 0.381. The maximum Gasteiger partial charge on any atom is 0.264 e. The van der Waals surface area contributed by atoms with Crippen molar-refractivity contribution < 1.29 is 14.3 Å². The molecule has 0 aromatic heterocycles. The highest BCUT2D eigenvalue weighted by molar-refractivity contribution is 5.82. The SMILES string of the molecule is COc1ccc(CN2CCN(C(=O)[C@@H]3Cc4ccccc4O3)CC2)cc1. The van der Waals surface area contributed by atoms with Crippen molar-refractivity contribution in [2.24, 2.45) is 0 Å². The van der Waals surface area contributed by atoms with Crippen LogP contribution in [0.4, 0.5) is 0 Å². The van der Waals surface area contributed by atoms with E-state index in [2.05, 4.69) is 17.0 Å². The summed E-state index contributed by atoms with van der Waals surface area (Å²) in [6.07, 6.45) is 0.321. The van der Waals surface area contributed by atoms with Crippen LogP contribution in [0.1, 0.15) is 11.1 Å². The molecule has 0 bridgehead atoms. The zero-order valence-corrected chi connectivity index (χ0v) is 15.1. The highest BCUT2D eigenvalue weighted by Crippen LogP contribution is 2.29. The van der Waals surface area contributed by atoms with Gasteiger partial charge in [-0.15, -0.1) is 0 Å². The van der Waals surface area contributed by atoms with Crippen LogP contribution in [-0.4, -0.2) is 55.1 Å². The summed E-state index contributed by atoms with van der Waals surface area (Å²) in [5.41, 5.74) is 2.39. The Morgan fingerprint density at radius 1 is 1.08 bits per heavy atom. The second kappa shape index (κ2) is 7.38. The van der Waals surface area contributed by atoms with Gasteiger partial charge in [-0.1, -0.05) is 30.3 Å². The number of nitrogens with zero attached hydrogens (tertiary/aromatic N) is 2. The molecule has 0 aliphatic carbocycles. The van der Waals surface area contributed by atoms with Crippen molar-refractivity contribution >= 4 is 5.91 Å². The Kier molecular flexibility index (Phi) is 4.80. The fourth-order valence-corrected chi connectivity index (χ4v) is 3.64. The lowest BCUT2D eigenvalue weighted by atomic mass is 10.1. The first-order chi connectivity index (χ1) is 12.7. The summed E-state index contributed by atoms with van der Waals surface area (Å²) in [5, 5.41) is 0. The molecule has 2 aliphatic heterocycles. The predicted octanol–water partition coefficient (Wildman–Crippen LogP) is 2.34.